The summed E-state index contributed by atoms with van der Waals surface area (Å²) in [4.78, 5) is 2.22. The number of nitrogens with two attached hydrogens (primary N) is 1. The average Bonchev–Trinajstić information content (AvgIpc) is 2.25. The first-order chi connectivity index (χ1) is 7.58. The minimum Gasteiger partial charge on any atom is -0.398 e. The lowest BCUT2D eigenvalue weighted by atomic mass is 10.1. The summed E-state index contributed by atoms with van der Waals surface area (Å²) >= 11 is 6.02. The van der Waals surface area contributed by atoms with E-state index in [-0.39, 0.29) is 0 Å². The third-order valence-corrected chi connectivity index (χ3v) is 4.44. The van der Waals surface area contributed by atoms with Crippen LogP contribution >= 0.6 is 11.6 Å². The maximum atomic E-state index is 11.3. The lowest BCUT2D eigenvalue weighted by molar-refractivity contribution is 0.673. The summed E-state index contributed by atoms with van der Waals surface area (Å²) in [5, 5.41) is 0.590. The van der Waals surface area contributed by atoms with Crippen LogP contribution in [0.1, 0.15) is 5.56 Å². The van der Waals surface area contributed by atoms with Gasteiger partial charge in [-0.1, -0.05) is 11.6 Å². The molecule has 88 valence electrons. The highest BCUT2D eigenvalue weighted by atomic mass is 35.5. The highest BCUT2D eigenvalue weighted by molar-refractivity contribution is 7.85. The van der Waals surface area contributed by atoms with Gasteiger partial charge >= 0.3 is 0 Å². The Morgan fingerprint density at radius 2 is 2.00 bits per heavy atom. The van der Waals surface area contributed by atoms with Crippen LogP contribution in [-0.4, -0.2) is 28.8 Å². The van der Waals surface area contributed by atoms with Crippen molar-refractivity contribution in [3.8, 4) is 0 Å². The third kappa shape index (κ3) is 2.33. The first-order valence-electron chi connectivity index (χ1n) is 5.23. The van der Waals surface area contributed by atoms with Gasteiger partial charge in [-0.25, -0.2) is 0 Å². The number of rotatable bonds is 1. The highest BCUT2D eigenvalue weighted by Crippen LogP contribution is 2.29. The minimum atomic E-state index is -0.650. The monoisotopic (exact) mass is 258 g/mol. The van der Waals surface area contributed by atoms with E-state index in [1.54, 1.807) is 0 Å². The molecule has 2 rings (SSSR count). The molecule has 0 spiro atoms. The van der Waals surface area contributed by atoms with E-state index in [9.17, 15) is 4.21 Å². The van der Waals surface area contributed by atoms with Gasteiger partial charge in [0.25, 0.3) is 0 Å². The number of nitrogens with zero attached hydrogens (tertiary/aromatic N) is 1. The van der Waals surface area contributed by atoms with Crippen molar-refractivity contribution in [3.63, 3.8) is 0 Å². The van der Waals surface area contributed by atoms with Crippen LogP contribution in [0.3, 0.4) is 0 Å². The first kappa shape index (κ1) is 11.7. The first-order valence-corrected chi connectivity index (χ1v) is 7.10. The normalized spacial score (nSPS) is 17.8. The standard InChI is InChI=1S/C11H15ClN2OS/c1-8-6-10(13)9(12)7-11(8)14-2-4-16(15)5-3-14/h6-7H,2-5,13H2,1H3. The van der Waals surface area contributed by atoms with E-state index in [1.165, 1.54) is 0 Å². The SMILES string of the molecule is Cc1cc(N)c(Cl)cc1N1CCS(=O)CC1. The molecule has 0 unspecified atom stereocenters. The second kappa shape index (κ2) is 4.63. The zero-order valence-electron chi connectivity index (χ0n) is 9.20. The summed E-state index contributed by atoms with van der Waals surface area (Å²) in [7, 11) is -0.650. The molecule has 0 bridgehead atoms. The minimum absolute atomic E-state index is 0.590. The fourth-order valence-electron chi connectivity index (χ4n) is 1.91. The number of nitrogen functional groups attached to an aromatic ring is 1. The molecule has 0 aromatic heterocycles. The molecule has 1 aromatic carbocycles. The number of benzene rings is 1. The maximum Gasteiger partial charge on any atom is 0.0656 e. The Labute approximate surface area is 103 Å². The smallest absolute Gasteiger partial charge is 0.0656 e. The highest BCUT2D eigenvalue weighted by Gasteiger charge is 2.17. The molecule has 1 saturated heterocycles. The van der Waals surface area contributed by atoms with E-state index >= 15 is 0 Å². The second-order valence-electron chi connectivity index (χ2n) is 4.00. The largest absolute Gasteiger partial charge is 0.398 e. The lowest BCUT2D eigenvalue weighted by Gasteiger charge is -2.30. The van der Waals surface area contributed by atoms with Crippen LogP contribution in [0.4, 0.5) is 11.4 Å². The van der Waals surface area contributed by atoms with E-state index < -0.39 is 10.8 Å². The van der Waals surface area contributed by atoms with E-state index in [0.717, 1.165) is 35.8 Å². The number of hydrogen-bond acceptors (Lipinski definition) is 3. The number of hydrogen-bond donors (Lipinski definition) is 1. The number of halogens is 1. The summed E-state index contributed by atoms with van der Waals surface area (Å²) < 4.78 is 11.3. The molecule has 2 N–H and O–H groups in total. The van der Waals surface area contributed by atoms with Crippen molar-refractivity contribution in [1.82, 2.24) is 0 Å². The molecule has 1 heterocycles. The Bertz CT molecular complexity index is 426. The van der Waals surface area contributed by atoms with Crippen LogP contribution in [0.5, 0.6) is 0 Å². The van der Waals surface area contributed by atoms with Gasteiger partial charge in [-0.15, -0.1) is 0 Å². The fraction of sp³-hybridized carbons (Fsp3) is 0.455. The molecule has 3 nitrogen and oxygen atoms in total. The average molecular weight is 259 g/mol. The van der Waals surface area contributed by atoms with Crippen molar-refractivity contribution >= 4 is 33.8 Å². The van der Waals surface area contributed by atoms with Crippen molar-refractivity contribution in [3.05, 3.63) is 22.7 Å². The predicted octanol–water partition coefficient (Wildman–Crippen LogP) is 1.80. The number of anilines is 2. The number of aryl methyl sites for hydroxylation is 1. The second-order valence-corrected chi connectivity index (χ2v) is 6.10. The molecule has 0 aliphatic carbocycles. The molecule has 5 heteroatoms. The Morgan fingerprint density at radius 1 is 1.38 bits per heavy atom. The molecule has 0 radical (unpaired) electrons. The third-order valence-electron chi connectivity index (χ3n) is 2.83. The van der Waals surface area contributed by atoms with Crippen LogP contribution in [0.2, 0.25) is 5.02 Å². The molecule has 1 aromatic rings. The Balaban J connectivity index is 2.26. The maximum absolute atomic E-state index is 11.3. The van der Waals surface area contributed by atoms with Crippen molar-refractivity contribution in [2.24, 2.45) is 0 Å². The van der Waals surface area contributed by atoms with Gasteiger partial charge in [0.2, 0.25) is 0 Å². The van der Waals surface area contributed by atoms with Crippen molar-refractivity contribution in [2.45, 2.75) is 6.92 Å². The zero-order valence-corrected chi connectivity index (χ0v) is 10.8. The van der Waals surface area contributed by atoms with Crippen LogP contribution in [0.25, 0.3) is 0 Å². The van der Waals surface area contributed by atoms with Gasteiger partial charge in [0.05, 0.1) is 10.7 Å². The predicted molar refractivity (Wildman–Crippen MR) is 70.7 cm³/mol. The summed E-state index contributed by atoms with van der Waals surface area (Å²) in [6.45, 7) is 3.68. The van der Waals surface area contributed by atoms with Gasteiger partial charge in [-0.2, -0.15) is 0 Å². The van der Waals surface area contributed by atoms with E-state index in [4.69, 9.17) is 17.3 Å². The molecular weight excluding hydrogens is 244 g/mol. The van der Waals surface area contributed by atoms with Gasteiger partial charge < -0.3 is 10.6 Å². The molecule has 1 aliphatic rings. The molecule has 0 atom stereocenters. The van der Waals surface area contributed by atoms with Gasteiger partial charge in [0.15, 0.2) is 0 Å². The van der Waals surface area contributed by atoms with Crippen molar-refractivity contribution in [1.29, 1.82) is 0 Å². The van der Waals surface area contributed by atoms with Crippen LogP contribution in [0.15, 0.2) is 12.1 Å². The van der Waals surface area contributed by atoms with Gasteiger partial charge in [-0.3, -0.25) is 4.21 Å². The van der Waals surface area contributed by atoms with Gasteiger partial charge in [-0.05, 0) is 24.6 Å². The molecule has 0 amide bonds. The Hall–Kier alpha value is -0.740. The van der Waals surface area contributed by atoms with E-state index in [2.05, 4.69) is 4.90 Å². The van der Waals surface area contributed by atoms with Crippen molar-refractivity contribution < 1.29 is 4.21 Å². The summed E-state index contributed by atoms with van der Waals surface area (Å²) in [5.41, 5.74) is 8.58. The van der Waals surface area contributed by atoms with Crippen LogP contribution in [0, 0.1) is 6.92 Å². The van der Waals surface area contributed by atoms with Crippen LogP contribution < -0.4 is 10.6 Å². The molecule has 16 heavy (non-hydrogen) atoms. The molecule has 1 aliphatic heterocycles. The lowest BCUT2D eigenvalue weighted by Crippen LogP contribution is -2.38. The Kier molecular flexibility index (Phi) is 3.40. The topological polar surface area (TPSA) is 46.3 Å². The molecule has 1 fully saturated rings. The summed E-state index contributed by atoms with van der Waals surface area (Å²) in [5.74, 6) is 1.48. The van der Waals surface area contributed by atoms with E-state index in [1.807, 2.05) is 19.1 Å². The zero-order chi connectivity index (χ0) is 11.7. The van der Waals surface area contributed by atoms with Gasteiger partial charge in [0, 0.05) is 41.1 Å². The Morgan fingerprint density at radius 3 is 2.62 bits per heavy atom. The fourth-order valence-corrected chi connectivity index (χ4v) is 3.12. The molecular formula is C11H15ClN2OS. The molecule has 0 saturated carbocycles. The quantitative estimate of drug-likeness (QED) is 0.782. The van der Waals surface area contributed by atoms with Crippen LogP contribution in [-0.2, 0) is 10.8 Å². The summed E-state index contributed by atoms with van der Waals surface area (Å²) in [6.07, 6.45) is 0. The van der Waals surface area contributed by atoms with E-state index in [0.29, 0.717) is 10.7 Å². The summed E-state index contributed by atoms with van der Waals surface area (Å²) in [6, 6.07) is 3.80. The van der Waals surface area contributed by atoms with Crippen molar-refractivity contribution in [2.75, 3.05) is 35.2 Å². The van der Waals surface area contributed by atoms with Gasteiger partial charge in [0.1, 0.15) is 0 Å².